The highest BCUT2D eigenvalue weighted by atomic mass is 31.2. The molecule has 12 heteroatoms. The maximum absolute atomic E-state index is 12.9. The van der Waals surface area contributed by atoms with Crippen LogP contribution in [0.15, 0.2) is 24.3 Å². The van der Waals surface area contributed by atoms with Crippen LogP contribution in [0.4, 0.5) is 0 Å². The van der Waals surface area contributed by atoms with Crippen molar-refractivity contribution in [3.63, 3.8) is 0 Å². The minimum Gasteiger partial charge on any atom is -0.481 e. The molecule has 33 heavy (non-hydrogen) atoms. The lowest BCUT2D eigenvalue weighted by Crippen LogP contribution is -2.44. The first kappa shape index (κ1) is 28.4. The van der Waals surface area contributed by atoms with Gasteiger partial charge in [0.2, 0.25) is 5.91 Å². The van der Waals surface area contributed by atoms with Gasteiger partial charge in [0.05, 0.1) is 18.0 Å². The number of hydrogen-bond acceptors (Lipinski definition) is 7. The van der Waals surface area contributed by atoms with Gasteiger partial charge in [0.15, 0.2) is 5.78 Å². The van der Waals surface area contributed by atoms with Crippen molar-refractivity contribution in [3.05, 3.63) is 29.8 Å². The SMILES string of the molecule is CN[C@@H](C)C(=O)C[C@@H](Cc1ccc(OP(=O)(O)O)cc1)C(=O)N[C@@H](C)C(=O)C[C@@H](C)C(=O)O. The van der Waals surface area contributed by atoms with Crippen LogP contribution in [0.1, 0.15) is 39.2 Å². The van der Waals surface area contributed by atoms with Crippen molar-refractivity contribution in [2.75, 3.05) is 7.05 Å². The third kappa shape index (κ3) is 10.3. The van der Waals surface area contributed by atoms with E-state index in [0.717, 1.165) is 0 Å². The van der Waals surface area contributed by atoms with E-state index in [1.54, 1.807) is 14.0 Å². The predicted octanol–water partition coefficient (Wildman–Crippen LogP) is 1.07. The summed E-state index contributed by atoms with van der Waals surface area (Å²) in [6.45, 7) is 4.51. The van der Waals surface area contributed by atoms with Crippen molar-refractivity contribution >= 4 is 31.3 Å². The van der Waals surface area contributed by atoms with Crippen LogP contribution in [0.2, 0.25) is 0 Å². The van der Waals surface area contributed by atoms with Crippen LogP contribution >= 0.6 is 7.82 Å². The van der Waals surface area contributed by atoms with Crippen LogP contribution in [0.3, 0.4) is 0 Å². The molecular weight excluding hydrogens is 455 g/mol. The molecule has 11 nitrogen and oxygen atoms in total. The highest BCUT2D eigenvalue weighted by Crippen LogP contribution is 2.37. The standard InChI is InChI=1S/C21H31N2O9P/c1-12(21(27)28)9-18(24)14(3)23-20(26)16(11-19(25)13(2)22-4)10-15-5-7-17(8-6-15)32-33(29,30)31/h5-8,12-14,16,22H,9-11H2,1-4H3,(H,23,26)(H,27,28)(H2,29,30,31)/t12-,13+,14+,16-/m1/s1. The Hall–Kier alpha value is -2.59. The van der Waals surface area contributed by atoms with Gasteiger partial charge in [-0.25, -0.2) is 4.57 Å². The van der Waals surface area contributed by atoms with E-state index in [4.69, 9.17) is 14.9 Å². The van der Waals surface area contributed by atoms with E-state index >= 15 is 0 Å². The van der Waals surface area contributed by atoms with E-state index in [0.29, 0.717) is 5.56 Å². The van der Waals surface area contributed by atoms with Crippen molar-refractivity contribution < 1.29 is 43.2 Å². The number of carboxylic acids is 1. The Morgan fingerprint density at radius 1 is 0.970 bits per heavy atom. The lowest BCUT2D eigenvalue weighted by molar-refractivity contribution is -0.143. The number of hydrogen-bond donors (Lipinski definition) is 5. The van der Waals surface area contributed by atoms with Gasteiger partial charge in [-0.2, -0.15) is 0 Å². The molecule has 1 rings (SSSR count). The van der Waals surface area contributed by atoms with Crippen molar-refractivity contribution in [3.8, 4) is 5.75 Å². The van der Waals surface area contributed by atoms with Crippen LogP contribution in [0, 0.1) is 11.8 Å². The molecule has 0 unspecified atom stereocenters. The number of likely N-dealkylation sites (N-methyl/N-ethyl adjacent to an activating group) is 1. The molecule has 1 amide bonds. The van der Waals surface area contributed by atoms with E-state index in [9.17, 15) is 23.7 Å². The summed E-state index contributed by atoms with van der Waals surface area (Å²) in [6, 6.07) is 4.27. The van der Waals surface area contributed by atoms with E-state index in [-0.39, 0.29) is 30.8 Å². The van der Waals surface area contributed by atoms with Gasteiger partial charge in [-0.1, -0.05) is 19.1 Å². The number of Topliss-reactive ketones (excluding diaryl/α,β-unsaturated/α-hetero) is 2. The number of amides is 1. The highest BCUT2D eigenvalue weighted by Gasteiger charge is 2.28. The molecule has 0 saturated carbocycles. The number of carbonyl (C=O) groups excluding carboxylic acids is 3. The molecule has 0 saturated heterocycles. The van der Waals surface area contributed by atoms with Crippen molar-refractivity contribution in [1.29, 1.82) is 0 Å². The van der Waals surface area contributed by atoms with Gasteiger partial charge in [0, 0.05) is 18.8 Å². The zero-order valence-corrected chi connectivity index (χ0v) is 19.9. The summed E-state index contributed by atoms with van der Waals surface area (Å²) in [5, 5.41) is 14.3. The number of benzene rings is 1. The van der Waals surface area contributed by atoms with Gasteiger partial charge in [0.25, 0.3) is 0 Å². The second-order valence-electron chi connectivity index (χ2n) is 7.95. The molecule has 0 heterocycles. The maximum Gasteiger partial charge on any atom is 0.524 e. The molecule has 0 aliphatic carbocycles. The van der Waals surface area contributed by atoms with E-state index in [1.807, 2.05) is 0 Å². The fraction of sp³-hybridized carbons (Fsp3) is 0.524. The van der Waals surface area contributed by atoms with Gasteiger partial charge in [-0.15, -0.1) is 0 Å². The normalized spacial score (nSPS) is 15.1. The lowest BCUT2D eigenvalue weighted by Gasteiger charge is -2.21. The summed E-state index contributed by atoms with van der Waals surface area (Å²) in [5.74, 6) is -4.07. The second kappa shape index (κ2) is 12.6. The van der Waals surface area contributed by atoms with Crippen LogP contribution in [0.5, 0.6) is 5.75 Å². The largest absolute Gasteiger partial charge is 0.524 e. The Morgan fingerprint density at radius 3 is 2.00 bits per heavy atom. The lowest BCUT2D eigenvalue weighted by atomic mass is 9.91. The maximum atomic E-state index is 12.9. The number of nitrogens with one attached hydrogen (secondary N) is 2. The molecule has 0 fully saturated rings. The Labute approximate surface area is 192 Å². The summed E-state index contributed by atoms with van der Waals surface area (Å²) in [6.07, 6.45) is -0.226. The molecule has 1 aromatic carbocycles. The van der Waals surface area contributed by atoms with Gasteiger partial charge in [-0.3, -0.25) is 29.0 Å². The number of carbonyl (C=O) groups is 4. The summed E-state index contributed by atoms with van der Waals surface area (Å²) < 4.78 is 15.4. The summed E-state index contributed by atoms with van der Waals surface area (Å²) in [7, 11) is -3.09. The number of phosphoric acid groups is 1. The minimum atomic E-state index is -4.71. The molecule has 1 aromatic rings. The molecule has 0 spiro atoms. The fourth-order valence-corrected chi connectivity index (χ4v) is 3.32. The monoisotopic (exact) mass is 486 g/mol. The quantitative estimate of drug-likeness (QED) is 0.239. The number of rotatable bonds is 14. The first-order chi connectivity index (χ1) is 15.2. The van der Waals surface area contributed by atoms with Gasteiger partial charge in [0.1, 0.15) is 11.5 Å². The van der Waals surface area contributed by atoms with Crippen LogP contribution in [0.25, 0.3) is 0 Å². The zero-order valence-electron chi connectivity index (χ0n) is 19.0. The zero-order chi connectivity index (χ0) is 25.3. The van der Waals surface area contributed by atoms with Crippen molar-refractivity contribution in [2.45, 2.75) is 52.1 Å². The molecule has 5 N–H and O–H groups in total. The number of carboxylic acid groups (broad SMARTS) is 1. The number of phosphoric ester groups is 1. The smallest absolute Gasteiger partial charge is 0.481 e. The highest BCUT2D eigenvalue weighted by molar-refractivity contribution is 7.46. The summed E-state index contributed by atoms with van der Waals surface area (Å²) in [5.41, 5.74) is 0.608. The average Bonchev–Trinajstić information content (AvgIpc) is 2.72. The molecule has 0 aliphatic heterocycles. The molecule has 0 radical (unpaired) electrons. The Balaban J connectivity index is 2.96. The van der Waals surface area contributed by atoms with E-state index in [2.05, 4.69) is 15.2 Å². The third-order valence-electron chi connectivity index (χ3n) is 5.13. The number of aliphatic carboxylic acids is 1. The summed E-state index contributed by atoms with van der Waals surface area (Å²) in [4.78, 5) is 66.4. The molecule has 0 aliphatic rings. The molecule has 0 aromatic heterocycles. The topological polar surface area (TPSA) is 179 Å². The van der Waals surface area contributed by atoms with Crippen molar-refractivity contribution in [1.82, 2.24) is 10.6 Å². The first-order valence-corrected chi connectivity index (χ1v) is 11.9. The van der Waals surface area contributed by atoms with Gasteiger partial charge < -0.3 is 20.3 Å². The molecule has 0 bridgehead atoms. The van der Waals surface area contributed by atoms with Crippen LogP contribution < -0.4 is 15.2 Å². The predicted molar refractivity (Wildman–Crippen MR) is 118 cm³/mol. The van der Waals surface area contributed by atoms with Gasteiger partial charge in [-0.05, 0) is 45.0 Å². The third-order valence-corrected chi connectivity index (χ3v) is 5.58. The fourth-order valence-electron chi connectivity index (χ4n) is 2.92. The Kier molecular flexibility index (Phi) is 10.9. The van der Waals surface area contributed by atoms with Gasteiger partial charge >= 0.3 is 13.8 Å². The average molecular weight is 486 g/mol. The van der Waals surface area contributed by atoms with Crippen LogP contribution in [-0.2, 0) is 30.2 Å². The van der Waals surface area contributed by atoms with E-state index < -0.39 is 49.4 Å². The first-order valence-electron chi connectivity index (χ1n) is 10.3. The minimum absolute atomic E-state index is 0.0558. The summed E-state index contributed by atoms with van der Waals surface area (Å²) >= 11 is 0. The second-order valence-corrected chi connectivity index (χ2v) is 9.11. The Bertz CT molecular complexity index is 898. The molecule has 184 valence electrons. The van der Waals surface area contributed by atoms with Crippen LogP contribution in [-0.4, -0.2) is 57.5 Å². The molecular formula is C21H31N2O9P. The van der Waals surface area contributed by atoms with Crippen molar-refractivity contribution in [2.24, 2.45) is 11.8 Å². The molecule has 4 atom stereocenters. The number of ketones is 2. The van der Waals surface area contributed by atoms with E-state index in [1.165, 1.54) is 38.1 Å². The Morgan fingerprint density at radius 2 is 1.52 bits per heavy atom.